The highest BCUT2D eigenvalue weighted by Gasteiger charge is 2.25. The predicted octanol–water partition coefficient (Wildman–Crippen LogP) is 1.40. The van der Waals surface area contributed by atoms with Gasteiger partial charge in [0.25, 0.3) is 5.91 Å². The molecule has 0 saturated heterocycles. The molecular weight excluding hydrogens is 226 g/mol. The Kier molecular flexibility index (Phi) is 3.87. The number of nitrogen functional groups attached to an aromatic ring is 1. The van der Waals surface area contributed by atoms with E-state index in [4.69, 9.17) is 5.73 Å². The summed E-state index contributed by atoms with van der Waals surface area (Å²) in [5, 5.41) is 2.94. The van der Waals surface area contributed by atoms with Crippen LogP contribution in [-0.2, 0) is 0 Å². The van der Waals surface area contributed by atoms with Crippen LogP contribution in [0.25, 0.3) is 0 Å². The summed E-state index contributed by atoms with van der Waals surface area (Å²) in [5.41, 5.74) is 7.98. The van der Waals surface area contributed by atoms with E-state index in [1.807, 2.05) is 25.1 Å². The molecule has 1 fully saturated rings. The normalized spacial score (nSPS) is 14.8. The number of likely N-dealkylation sites (N-methyl/N-ethyl adjacent to an activating group) is 1. The second kappa shape index (κ2) is 5.40. The molecule has 1 aliphatic rings. The standard InChI is InChI=1S/C14H21N3O/c1-10-12(4-3-5-13(10)15)14(18)16-8-9-17(2)11-6-7-11/h3-5,11H,6-9,15H2,1-2H3,(H,16,18). The first-order valence-corrected chi connectivity index (χ1v) is 6.43. The molecule has 0 atom stereocenters. The number of nitrogens with one attached hydrogen (secondary N) is 1. The van der Waals surface area contributed by atoms with Crippen LogP contribution in [0.3, 0.4) is 0 Å². The fraction of sp³-hybridized carbons (Fsp3) is 0.500. The van der Waals surface area contributed by atoms with Crippen molar-refractivity contribution in [2.24, 2.45) is 0 Å². The molecule has 98 valence electrons. The Morgan fingerprint density at radius 1 is 1.50 bits per heavy atom. The molecule has 0 aromatic heterocycles. The molecule has 1 saturated carbocycles. The van der Waals surface area contributed by atoms with Crippen molar-refractivity contribution in [2.45, 2.75) is 25.8 Å². The third-order valence-corrected chi connectivity index (χ3v) is 3.54. The van der Waals surface area contributed by atoms with Crippen LogP contribution < -0.4 is 11.1 Å². The number of carbonyl (C=O) groups is 1. The van der Waals surface area contributed by atoms with Gasteiger partial charge in [0.05, 0.1) is 0 Å². The summed E-state index contributed by atoms with van der Waals surface area (Å²) in [7, 11) is 2.11. The second-order valence-corrected chi connectivity index (χ2v) is 4.99. The Hall–Kier alpha value is -1.55. The minimum atomic E-state index is -0.0380. The van der Waals surface area contributed by atoms with E-state index in [0.717, 1.165) is 18.2 Å². The van der Waals surface area contributed by atoms with Crippen molar-refractivity contribution < 1.29 is 4.79 Å². The van der Waals surface area contributed by atoms with Gasteiger partial charge in [0, 0.05) is 30.4 Å². The highest BCUT2D eigenvalue weighted by Crippen LogP contribution is 2.24. The van der Waals surface area contributed by atoms with Crippen molar-refractivity contribution >= 4 is 11.6 Å². The predicted molar refractivity (Wildman–Crippen MR) is 73.6 cm³/mol. The molecule has 0 aliphatic heterocycles. The molecule has 1 aromatic rings. The van der Waals surface area contributed by atoms with Crippen LogP contribution in [0.1, 0.15) is 28.8 Å². The molecule has 4 heteroatoms. The van der Waals surface area contributed by atoms with E-state index in [1.54, 1.807) is 0 Å². The molecule has 3 N–H and O–H groups in total. The number of hydrogen-bond donors (Lipinski definition) is 2. The van der Waals surface area contributed by atoms with Gasteiger partial charge in [-0.3, -0.25) is 4.79 Å². The first-order valence-electron chi connectivity index (χ1n) is 6.43. The summed E-state index contributed by atoms with van der Waals surface area (Å²) in [6.45, 7) is 3.46. The van der Waals surface area contributed by atoms with Gasteiger partial charge in [-0.25, -0.2) is 0 Å². The Morgan fingerprint density at radius 2 is 2.22 bits per heavy atom. The van der Waals surface area contributed by atoms with E-state index in [1.165, 1.54) is 12.8 Å². The summed E-state index contributed by atoms with van der Waals surface area (Å²) in [4.78, 5) is 14.3. The number of nitrogens with zero attached hydrogens (tertiary/aromatic N) is 1. The van der Waals surface area contributed by atoms with E-state index < -0.39 is 0 Å². The van der Waals surface area contributed by atoms with Gasteiger partial charge < -0.3 is 16.0 Å². The third kappa shape index (κ3) is 3.01. The number of hydrogen-bond acceptors (Lipinski definition) is 3. The van der Waals surface area contributed by atoms with Crippen LogP contribution >= 0.6 is 0 Å². The van der Waals surface area contributed by atoms with Gasteiger partial charge >= 0.3 is 0 Å². The number of rotatable bonds is 5. The maximum Gasteiger partial charge on any atom is 0.251 e. The van der Waals surface area contributed by atoms with Crippen molar-refractivity contribution in [1.82, 2.24) is 10.2 Å². The molecule has 1 aliphatic carbocycles. The Bertz CT molecular complexity index is 441. The van der Waals surface area contributed by atoms with Crippen LogP contribution in [0.5, 0.6) is 0 Å². The number of nitrogens with two attached hydrogens (primary N) is 1. The van der Waals surface area contributed by atoms with Gasteiger partial charge in [0.15, 0.2) is 0 Å². The van der Waals surface area contributed by atoms with Gasteiger partial charge in [0.1, 0.15) is 0 Å². The van der Waals surface area contributed by atoms with Crippen molar-refractivity contribution in [3.8, 4) is 0 Å². The van der Waals surface area contributed by atoms with E-state index in [0.29, 0.717) is 17.8 Å². The van der Waals surface area contributed by atoms with Crippen molar-refractivity contribution in [3.63, 3.8) is 0 Å². The lowest BCUT2D eigenvalue weighted by molar-refractivity contribution is 0.0949. The number of carbonyl (C=O) groups excluding carboxylic acids is 1. The van der Waals surface area contributed by atoms with Crippen LogP contribution in [0, 0.1) is 6.92 Å². The fourth-order valence-corrected chi connectivity index (χ4v) is 2.04. The molecule has 0 bridgehead atoms. The van der Waals surface area contributed by atoms with E-state index in [2.05, 4.69) is 17.3 Å². The van der Waals surface area contributed by atoms with Gasteiger partial charge in [0.2, 0.25) is 0 Å². The maximum absolute atomic E-state index is 12.0. The lowest BCUT2D eigenvalue weighted by atomic mass is 10.1. The minimum Gasteiger partial charge on any atom is -0.398 e. The van der Waals surface area contributed by atoms with Crippen LogP contribution in [0.15, 0.2) is 18.2 Å². The molecule has 0 spiro atoms. The van der Waals surface area contributed by atoms with Crippen LogP contribution in [-0.4, -0.2) is 37.0 Å². The highest BCUT2D eigenvalue weighted by atomic mass is 16.1. The zero-order valence-corrected chi connectivity index (χ0v) is 11.1. The molecule has 1 aromatic carbocycles. The number of anilines is 1. The first kappa shape index (κ1) is 12.9. The Labute approximate surface area is 108 Å². The second-order valence-electron chi connectivity index (χ2n) is 4.99. The van der Waals surface area contributed by atoms with Crippen LogP contribution in [0.4, 0.5) is 5.69 Å². The minimum absolute atomic E-state index is 0.0380. The molecular formula is C14H21N3O. The third-order valence-electron chi connectivity index (χ3n) is 3.54. The number of amides is 1. The zero-order chi connectivity index (χ0) is 13.1. The van der Waals surface area contributed by atoms with Gasteiger partial charge in [-0.2, -0.15) is 0 Å². The Morgan fingerprint density at radius 3 is 2.89 bits per heavy atom. The average Bonchev–Trinajstić information content (AvgIpc) is 3.16. The molecule has 0 radical (unpaired) electrons. The van der Waals surface area contributed by atoms with E-state index >= 15 is 0 Å². The van der Waals surface area contributed by atoms with Gasteiger partial charge in [-0.15, -0.1) is 0 Å². The lowest BCUT2D eigenvalue weighted by Gasteiger charge is -2.16. The van der Waals surface area contributed by atoms with Crippen molar-refractivity contribution in [3.05, 3.63) is 29.3 Å². The molecule has 0 heterocycles. The van der Waals surface area contributed by atoms with E-state index in [-0.39, 0.29) is 5.91 Å². The summed E-state index contributed by atoms with van der Waals surface area (Å²) in [6, 6.07) is 6.17. The monoisotopic (exact) mass is 247 g/mol. The topological polar surface area (TPSA) is 58.4 Å². The summed E-state index contributed by atoms with van der Waals surface area (Å²) < 4.78 is 0. The largest absolute Gasteiger partial charge is 0.398 e. The molecule has 0 unspecified atom stereocenters. The van der Waals surface area contributed by atoms with Gasteiger partial charge in [-0.05, 0) is 44.5 Å². The maximum atomic E-state index is 12.0. The highest BCUT2D eigenvalue weighted by molar-refractivity contribution is 5.96. The molecule has 4 nitrogen and oxygen atoms in total. The lowest BCUT2D eigenvalue weighted by Crippen LogP contribution is -2.34. The fourth-order valence-electron chi connectivity index (χ4n) is 2.04. The molecule has 2 rings (SSSR count). The molecule has 18 heavy (non-hydrogen) atoms. The van der Waals surface area contributed by atoms with Crippen LogP contribution in [0.2, 0.25) is 0 Å². The smallest absolute Gasteiger partial charge is 0.251 e. The van der Waals surface area contributed by atoms with Crippen molar-refractivity contribution in [2.75, 3.05) is 25.9 Å². The van der Waals surface area contributed by atoms with E-state index in [9.17, 15) is 4.79 Å². The summed E-state index contributed by atoms with van der Waals surface area (Å²) >= 11 is 0. The first-order chi connectivity index (χ1) is 8.59. The Balaban J connectivity index is 1.85. The van der Waals surface area contributed by atoms with Gasteiger partial charge in [-0.1, -0.05) is 6.07 Å². The average molecular weight is 247 g/mol. The molecule has 1 amide bonds. The quantitative estimate of drug-likeness (QED) is 0.773. The SMILES string of the molecule is Cc1c(N)cccc1C(=O)NCCN(C)C1CC1. The zero-order valence-electron chi connectivity index (χ0n) is 11.1. The summed E-state index contributed by atoms with van der Waals surface area (Å²) in [6.07, 6.45) is 2.58. The summed E-state index contributed by atoms with van der Waals surface area (Å²) in [5.74, 6) is -0.0380. The van der Waals surface area contributed by atoms with Crippen molar-refractivity contribution in [1.29, 1.82) is 0 Å². The number of benzene rings is 1.